The predicted octanol–water partition coefficient (Wildman–Crippen LogP) is 0.587. The Labute approximate surface area is 116 Å². The van der Waals surface area contributed by atoms with Gasteiger partial charge in [0.1, 0.15) is 0 Å². The van der Waals surface area contributed by atoms with Gasteiger partial charge in [0.2, 0.25) is 5.91 Å². The number of nitrogens with two attached hydrogens (primary N) is 1. The van der Waals surface area contributed by atoms with E-state index in [0.717, 1.165) is 32.5 Å². The second-order valence-electron chi connectivity index (χ2n) is 5.89. The van der Waals surface area contributed by atoms with Crippen LogP contribution < -0.4 is 11.1 Å². The number of nitrogens with one attached hydrogen (secondary N) is 1. The van der Waals surface area contributed by atoms with Crippen LogP contribution in [0.4, 0.5) is 0 Å². The Kier molecular flexibility index (Phi) is 6.23. The second-order valence-corrected chi connectivity index (χ2v) is 5.89. The number of nitrogens with zero attached hydrogens (tertiary/aromatic N) is 1. The molecule has 1 amide bonds. The number of primary amides is 1. The zero-order valence-corrected chi connectivity index (χ0v) is 12.7. The summed E-state index contributed by atoms with van der Waals surface area (Å²) in [5.74, 6) is 0.353. The average Bonchev–Trinajstić information content (AvgIpc) is 2.40. The van der Waals surface area contributed by atoms with Gasteiger partial charge in [0.05, 0.1) is 11.6 Å². The van der Waals surface area contributed by atoms with E-state index in [9.17, 15) is 4.79 Å². The lowest BCUT2D eigenvalue weighted by Gasteiger charge is -2.36. The maximum atomic E-state index is 11.4. The molecular weight excluding hydrogens is 242 g/mol. The molecule has 1 rings (SSSR count). The average molecular weight is 271 g/mol. The third kappa shape index (κ3) is 4.44. The van der Waals surface area contributed by atoms with Crippen molar-refractivity contribution in [3.05, 3.63) is 0 Å². The number of likely N-dealkylation sites (N-methyl/N-ethyl adjacent to an activating group) is 1. The van der Waals surface area contributed by atoms with E-state index in [4.69, 9.17) is 10.5 Å². The number of piperidine rings is 1. The smallest absolute Gasteiger partial charge is 0.237 e. The molecule has 1 aliphatic rings. The molecule has 0 aromatic carbocycles. The van der Waals surface area contributed by atoms with Gasteiger partial charge in [-0.1, -0.05) is 6.92 Å². The molecule has 1 heterocycles. The van der Waals surface area contributed by atoms with E-state index < -0.39 is 5.54 Å². The predicted molar refractivity (Wildman–Crippen MR) is 76.9 cm³/mol. The molecular formula is C14H29N3O2. The molecule has 19 heavy (non-hydrogen) atoms. The van der Waals surface area contributed by atoms with Crippen molar-refractivity contribution in [2.24, 2.45) is 11.7 Å². The van der Waals surface area contributed by atoms with Crippen molar-refractivity contribution in [2.75, 3.05) is 33.8 Å². The number of hydrogen-bond acceptors (Lipinski definition) is 4. The maximum absolute atomic E-state index is 11.4. The van der Waals surface area contributed by atoms with Gasteiger partial charge in [-0.2, -0.15) is 0 Å². The fraction of sp³-hybridized carbons (Fsp3) is 0.929. The molecule has 0 bridgehead atoms. The summed E-state index contributed by atoms with van der Waals surface area (Å²) in [6.07, 6.45) is 3.24. The van der Waals surface area contributed by atoms with Crippen LogP contribution in [0, 0.1) is 5.92 Å². The van der Waals surface area contributed by atoms with Crippen LogP contribution in [-0.4, -0.2) is 56.2 Å². The highest BCUT2D eigenvalue weighted by Gasteiger charge is 2.29. The zero-order chi connectivity index (χ0) is 14.5. The van der Waals surface area contributed by atoms with E-state index in [1.165, 1.54) is 6.42 Å². The molecule has 1 aliphatic heterocycles. The molecule has 3 atom stereocenters. The van der Waals surface area contributed by atoms with Gasteiger partial charge < -0.3 is 20.7 Å². The van der Waals surface area contributed by atoms with Crippen LogP contribution in [0.2, 0.25) is 0 Å². The molecule has 0 saturated carbocycles. The Morgan fingerprint density at radius 3 is 2.79 bits per heavy atom. The molecule has 1 fully saturated rings. The van der Waals surface area contributed by atoms with Gasteiger partial charge in [-0.05, 0) is 52.2 Å². The van der Waals surface area contributed by atoms with Crippen LogP contribution in [0.5, 0.6) is 0 Å². The molecule has 5 heteroatoms. The van der Waals surface area contributed by atoms with E-state index in [1.54, 1.807) is 14.2 Å². The van der Waals surface area contributed by atoms with Crippen molar-refractivity contribution in [1.82, 2.24) is 10.2 Å². The lowest BCUT2D eigenvalue weighted by Crippen LogP contribution is -2.52. The van der Waals surface area contributed by atoms with Gasteiger partial charge in [0.25, 0.3) is 0 Å². The highest BCUT2D eigenvalue weighted by atomic mass is 16.5. The Bertz CT molecular complexity index is 298. The minimum Gasteiger partial charge on any atom is -0.380 e. The summed E-state index contributed by atoms with van der Waals surface area (Å²) < 4.78 is 5.51. The van der Waals surface area contributed by atoms with Crippen molar-refractivity contribution >= 4 is 5.91 Å². The summed E-state index contributed by atoms with van der Waals surface area (Å²) in [5.41, 5.74) is 4.83. The van der Waals surface area contributed by atoms with Gasteiger partial charge in [-0.15, -0.1) is 0 Å². The fourth-order valence-corrected chi connectivity index (χ4v) is 2.64. The number of rotatable bonds is 7. The molecule has 1 saturated heterocycles. The van der Waals surface area contributed by atoms with E-state index in [2.05, 4.69) is 17.1 Å². The van der Waals surface area contributed by atoms with Crippen LogP contribution in [0.15, 0.2) is 0 Å². The molecule has 0 aromatic heterocycles. The first-order chi connectivity index (χ1) is 8.92. The van der Waals surface area contributed by atoms with Crippen LogP contribution in [0.1, 0.15) is 33.1 Å². The lowest BCUT2D eigenvalue weighted by atomic mass is 9.93. The Morgan fingerprint density at radius 1 is 1.58 bits per heavy atom. The summed E-state index contributed by atoms with van der Waals surface area (Å²) in [6, 6.07) is 0. The Morgan fingerprint density at radius 2 is 2.26 bits per heavy atom. The number of amides is 1. The van der Waals surface area contributed by atoms with Crippen LogP contribution in [-0.2, 0) is 9.53 Å². The summed E-state index contributed by atoms with van der Waals surface area (Å²) in [4.78, 5) is 13.8. The quantitative estimate of drug-likeness (QED) is 0.711. The van der Waals surface area contributed by atoms with Crippen LogP contribution in [0.25, 0.3) is 0 Å². The van der Waals surface area contributed by atoms with E-state index in [1.807, 2.05) is 6.92 Å². The van der Waals surface area contributed by atoms with Gasteiger partial charge in [-0.25, -0.2) is 0 Å². The van der Waals surface area contributed by atoms with E-state index >= 15 is 0 Å². The summed E-state index contributed by atoms with van der Waals surface area (Å²) in [7, 11) is 3.57. The normalized spacial score (nSPS) is 28.0. The van der Waals surface area contributed by atoms with Crippen LogP contribution >= 0.6 is 0 Å². The third-order valence-corrected chi connectivity index (χ3v) is 4.52. The molecule has 3 N–H and O–H groups in total. The lowest BCUT2D eigenvalue weighted by molar-refractivity contribution is -0.124. The van der Waals surface area contributed by atoms with Gasteiger partial charge in [0, 0.05) is 13.7 Å². The molecule has 112 valence electrons. The fourth-order valence-electron chi connectivity index (χ4n) is 2.64. The number of likely N-dealkylation sites (tertiary alicyclic amines) is 1. The Hall–Kier alpha value is -0.650. The van der Waals surface area contributed by atoms with E-state index in [-0.39, 0.29) is 5.91 Å². The monoisotopic (exact) mass is 271 g/mol. The largest absolute Gasteiger partial charge is 0.380 e. The van der Waals surface area contributed by atoms with Crippen molar-refractivity contribution < 1.29 is 9.53 Å². The van der Waals surface area contributed by atoms with Gasteiger partial charge in [0.15, 0.2) is 0 Å². The first-order valence-electron chi connectivity index (χ1n) is 7.17. The van der Waals surface area contributed by atoms with Crippen molar-refractivity contribution in [2.45, 2.75) is 44.8 Å². The highest BCUT2D eigenvalue weighted by Crippen LogP contribution is 2.20. The second kappa shape index (κ2) is 7.22. The number of methoxy groups -OCH3 is 1. The summed E-state index contributed by atoms with van der Waals surface area (Å²) in [5, 5.41) is 3.02. The molecule has 3 unspecified atom stereocenters. The van der Waals surface area contributed by atoms with Crippen LogP contribution in [0.3, 0.4) is 0 Å². The first-order valence-corrected chi connectivity index (χ1v) is 7.17. The summed E-state index contributed by atoms with van der Waals surface area (Å²) >= 11 is 0. The number of carbonyl (C=O) groups is 1. The number of hydrogen-bond donors (Lipinski definition) is 2. The molecule has 5 nitrogen and oxygen atoms in total. The molecule has 0 spiro atoms. The highest BCUT2D eigenvalue weighted by molar-refractivity contribution is 5.84. The summed E-state index contributed by atoms with van der Waals surface area (Å²) in [6.45, 7) is 7.22. The zero-order valence-electron chi connectivity index (χ0n) is 12.7. The topological polar surface area (TPSA) is 67.6 Å². The maximum Gasteiger partial charge on any atom is 0.237 e. The van der Waals surface area contributed by atoms with Gasteiger partial charge >= 0.3 is 0 Å². The van der Waals surface area contributed by atoms with Crippen molar-refractivity contribution in [3.63, 3.8) is 0 Å². The molecule has 0 aliphatic carbocycles. The third-order valence-electron chi connectivity index (χ3n) is 4.52. The number of ether oxygens (including phenoxy) is 1. The van der Waals surface area contributed by atoms with E-state index in [0.29, 0.717) is 12.0 Å². The van der Waals surface area contributed by atoms with Crippen molar-refractivity contribution in [3.8, 4) is 0 Å². The minimum absolute atomic E-state index is 0.281. The Balaban J connectivity index is 2.35. The first kappa shape index (κ1) is 16.4. The van der Waals surface area contributed by atoms with Crippen molar-refractivity contribution in [1.29, 1.82) is 0 Å². The standard InChI is InChI=1S/C14H29N3O2/c1-11-6-9-17(10-12(11)19-4)8-5-7-14(2,16-3)13(15)18/h11-12,16H,5-10H2,1-4H3,(H2,15,18). The molecule has 0 aromatic rings. The minimum atomic E-state index is -0.594. The SMILES string of the molecule is CNC(C)(CCCN1CCC(C)C(OC)C1)C(N)=O. The number of carbonyl (C=O) groups excluding carboxylic acids is 1. The molecule has 0 radical (unpaired) electrons. The van der Waals surface area contributed by atoms with Gasteiger partial charge in [-0.3, -0.25) is 4.79 Å².